The molecule has 0 aliphatic heterocycles. The van der Waals surface area contributed by atoms with Crippen molar-refractivity contribution in [2.24, 2.45) is 0 Å². The molecule has 2 atom stereocenters. The Balaban J connectivity index is 1.57. The van der Waals surface area contributed by atoms with Gasteiger partial charge in [-0.1, -0.05) is 48.5 Å². The standard InChI is InChI=1S/C23H24F2N2O6/c1-13(32-2)19(20(28)29)27-21(30)23(24,25)12-26-22(31)33-11-18-16-9-5-3-7-14(16)15-8-4-6-10-17(15)18/h3-10,13,18-19H,11-12H2,1-2H3,(H,26,31)(H,27,30)(H,28,29). The minimum absolute atomic E-state index is 0.0793. The van der Waals surface area contributed by atoms with Crippen LogP contribution in [-0.4, -0.2) is 61.4 Å². The number of methoxy groups -OCH3 is 1. The molecule has 33 heavy (non-hydrogen) atoms. The van der Waals surface area contributed by atoms with Gasteiger partial charge in [0.1, 0.15) is 6.61 Å². The third kappa shape index (κ3) is 5.28. The van der Waals surface area contributed by atoms with E-state index < -0.39 is 42.6 Å². The van der Waals surface area contributed by atoms with Gasteiger partial charge in [0.15, 0.2) is 6.04 Å². The second-order valence-corrected chi connectivity index (χ2v) is 7.61. The van der Waals surface area contributed by atoms with Gasteiger partial charge in [-0.2, -0.15) is 8.78 Å². The third-order valence-corrected chi connectivity index (χ3v) is 5.52. The lowest BCUT2D eigenvalue weighted by atomic mass is 9.98. The maximum atomic E-state index is 14.2. The Bertz CT molecular complexity index is 1000. The highest BCUT2D eigenvalue weighted by Gasteiger charge is 2.42. The van der Waals surface area contributed by atoms with Gasteiger partial charge in [0.05, 0.1) is 12.6 Å². The van der Waals surface area contributed by atoms with Crippen molar-refractivity contribution in [2.75, 3.05) is 20.3 Å². The number of amides is 2. The van der Waals surface area contributed by atoms with Gasteiger partial charge in [0.2, 0.25) is 0 Å². The maximum Gasteiger partial charge on any atom is 0.407 e. The first-order valence-electron chi connectivity index (χ1n) is 10.2. The second kappa shape index (κ2) is 9.95. The van der Waals surface area contributed by atoms with Crippen molar-refractivity contribution in [3.8, 4) is 11.1 Å². The summed E-state index contributed by atoms with van der Waals surface area (Å²) in [7, 11) is 1.18. The molecule has 0 fully saturated rings. The number of carbonyl (C=O) groups is 3. The SMILES string of the molecule is COC(C)C(NC(=O)C(F)(F)CNC(=O)OCC1c2ccccc2-c2ccccc21)C(=O)O. The summed E-state index contributed by atoms with van der Waals surface area (Å²) in [6.45, 7) is -0.126. The predicted molar refractivity (Wildman–Crippen MR) is 114 cm³/mol. The minimum atomic E-state index is -4.06. The molecule has 2 aromatic rings. The maximum absolute atomic E-state index is 14.2. The van der Waals surface area contributed by atoms with Crippen LogP contribution in [0.2, 0.25) is 0 Å². The fourth-order valence-electron chi connectivity index (χ4n) is 3.68. The zero-order valence-electron chi connectivity index (χ0n) is 18.0. The summed E-state index contributed by atoms with van der Waals surface area (Å²) in [5.74, 6) is -7.69. The number of carboxylic acids is 1. The molecule has 0 radical (unpaired) electrons. The van der Waals surface area contributed by atoms with Crippen LogP contribution >= 0.6 is 0 Å². The topological polar surface area (TPSA) is 114 Å². The average molecular weight is 462 g/mol. The first-order chi connectivity index (χ1) is 15.7. The fraction of sp³-hybridized carbons (Fsp3) is 0.348. The van der Waals surface area contributed by atoms with Gasteiger partial charge in [0, 0.05) is 13.0 Å². The molecule has 2 unspecified atom stereocenters. The monoisotopic (exact) mass is 462 g/mol. The lowest BCUT2D eigenvalue weighted by Crippen LogP contribution is -2.56. The van der Waals surface area contributed by atoms with E-state index in [-0.39, 0.29) is 12.5 Å². The molecule has 3 rings (SSSR count). The van der Waals surface area contributed by atoms with E-state index in [2.05, 4.69) is 0 Å². The van der Waals surface area contributed by atoms with Crippen LogP contribution in [-0.2, 0) is 19.1 Å². The Labute approximate surface area is 188 Å². The van der Waals surface area contributed by atoms with Gasteiger partial charge in [-0.25, -0.2) is 9.59 Å². The number of hydrogen-bond acceptors (Lipinski definition) is 5. The predicted octanol–water partition coefficient (Wildman–Crippen LogP) is 2.76. The molecule has 2 amide bonds. The summed E-state index contributed by atoms with van der Waals surface area (Å²) < 4.78 is 38.3. The number of fused-ring (bicyclic) bond motifs is 3. The number of aliphatic carboxylic acids is 1. The Morgan fingerprint density at radius 1 is 1.06 bits per heavy atom. The summed E-state index contributed by atoms with van der Waals surface area (Å²) in [5, 5.41) is 12.7. The summed E-state index contributed by atoms with van der Waals surface area (Å²) in [5.41, 5.74) is 3.96. The first kappa shape index (κ1) is 24.1. The van der Waals surface area contributed by atoms with E-state index in [4.69, 9.17) is 14.6 Å². The zero-order valence-corrected chi connectivity index (χ0v) is 18.0. The molecule has 0 heterocycles. The molecule has 2 aromatic carbocycles. The normalized spacial score (nSPS) is 14.5. The van der Waals surface area contributed by atoms with E-state index in [1.54, 1.807) is 5.32 Å². The molecule has 8 nitrogen and oxygen atoms in total. The number of ether oxygens (including phenoxy) is 2. The lowest BCUT2D eigenvalue weighted by Gasteiger charge is -2.23. The molecular formula is C23H24F2N2O6. The number of alkyl halides is 2. The number of carboxylic acid groups (broad SMARTS) is 1. The molecule has 0 spiro atoms. The zero-order chi connectivity index (χ0) is 24.2. The van der Waals surface area contributed by atoms with Crippen LogP contribution in [0.15, 0.2) is 48.5 Å². The Morgan fingerprint density at radius 2 is 1.61 bits per heavy atom. The molecule has 176 valence electrons. The molecule has 1 aliphatic rings. The van der Waals surface area contributed by atoms with Crippen molar-refractivity contribution in [3.63, 3.8) is 0 Å². The minimum Gasteiger partial charge on any atom is -0.480 e. The van der Waals surface area contributed by atoms with Crippen molar-refractivity contribution >= 4 is 18.0 Å². The average Bonchev–Trinajstić information content (AvgIpc) is 3.12. The van der Waals surface area contributed by atoms with Crippen LogP contribution < -0.4 is 10.6 Å². The molecule has 1 aliphatic carbocycles. The smallest absolute Gasteiger partial charge is 0.407 e. The molecular weight excluding hydrogens is 438 g/mol. The summed E-state index contributed by atoms with van der Waals surface area (Å²) in [6, 6.07) is 13.6. The molecule has 0 saturated heterocycles. The van der Waals surface area contributed by atoms with Crippen LogP contribution in [0.5, 0.6) is 0 Å². The van der Waals surface area contributed by atoms with Crippen molar-refractivity contribution in [3.05, 3.63) is 59.7 Å². The molecule has 10 heteroatoms. The number of hydrogen-bond donors (Lipinski definition) is 3. The quantitative estimate of drug-likeness (QED) is 0.528. The number of benzene rings is 2. The second-order valence-electron chi connectivity index (χ2n) is 7.61. The fourth-order valence-corrected chi connectivity index (χ4v) is 3.68. The van der Waals surface area contributed by atoms with Crippen molar-refractivity contribution in [1.82, 2.24) is 10.6 Å². The Morgan fingerprint density at radius 3 is 2.12 bits per heavy atom. The summed E-state index contributed by atoms with van der Waals surface area (Å²) in [6.07, 6.45) is -2.17. The Hall–Kier alpha value is -3.53. The van der Waals surface area contributed by atoms with E-state index in [1.165, 1.54) is 14.0 Å². The van der Waals surface area contributed by atoms with Crippen LogP contribution in [0.1, 0.15) is 24.0 Å². The Kier molecular flexibility index (Phi) is 7.27. The van der Waals surface area contributed by atoms with Gasteiger partial charge in [-0.15, -0.1) is 0 Å². The molecule has 0 aromatic heterocycles. The van der Waals surface area contributed by atoms with E-state index in [0.29, 0.717) is 0 Å². The highest BCUT2D eigenvalue weighted by molar-refractivity contribution is 5.89. The molecule has 0 saturated carbocycles. The van der Waals surface area contributed by atoms with Gasteiger partial charge in [0.25, 0.3) is 5.91 Å². The van der Waals surface area contributed by atoms with Crippen LogP contribution in [0, 0.1) is 0 Å². The van der Waals surface area contributed by atoms with Crippen molar-refractivity contribution < 1.29 is 37.7 Å². The van der Waals surface area contributed by atoms with Gasteiger partial charge < -0.3 is 25.2 Å². The van der Waals surface area contributed by atoms with Crippen molar-refractivity contribution in [2.45, 2.75) is 30.9 Å². The lowest BCUT2D eigenvalue weighted by molar-refractivity contribution is -0.153. The van der Waals surface area contributed by atoms with E-state index in [0.717, 1.165) is 22.3 Å². The number of alkyl carbamates (subject to hydrolysis) is 1. The van der Waals surface area contributed by atoms with E-state index in [1.807, 2.05) is 53.8 Å². The summed E-state index contributed by atoms with van der Waals surface area (Å²) >= 11 is 0. The van der Waals surface area contributed by atoms with Gasteiger partial charge in [-0.3, -0.25) is 4.79 Å². The number of rotatable bonds is 9. The highest BCUT2D eigenvalue weighted by Crippen LogP contribution is 2.44. The number of carbonyl (C=O) groups excluding carboxylic acids is 2. The first-order valence-corrected chi connectivity index (χ1v) is 10.2. The number of halogens is 2. The van der Waals surface area contributed by atoms with Gasteiger partial charge >= 0.3 is 18.0 Å². The highest BCUT2D eigenvalue weighted by atomic mass is 19.3. The van der Waals surface area contributed by atoms with E-state index >= 15 is 0 Å². The van der Waals surface area contributed by atoms with Crippen LogP contribution in [0.4, 0.5) is 13.6 Å². The third-order valence-electron chi connectivity index (χ3n) is 5.52. The molecule has 0 bridgehead atoms. The summed E-state index contributed by atoms with van der Waals surface area (Å²) in [4.78, 5) is 35.1. The number of nitrogens with one attached hydrogen (secondary N) is 2. The largest absolute Gasteiger partial charge is 0.480 e. The van der Waals surface area contributed by atoms with Crippen LogP contribution in [0.3, 0.4) is 0 Å². The van der Waals surface area contributed by atoms with Gasteiger partial charge in [-0.05, 0) is 29.2 Å². The van der Waals surface area contributed by atoms with E-state index in [9.17, 15) is 23.2 Å². The van der Waals surface area contributed by atoms with Crippen LogP contribution in [0.25, 0.3) is 11.1 Å². The molecule has 3 N–H and O–H groups in total. The van der Waals surface area contributed by atoms with Crippen molar-refractivity contribution in [1.29, 1.82) is 0 Å².